The second-order valence-electron chi connectivity index (χ2n) is 5.84. The summed E-state index contributed by atoms with van der Waals surface area (Å²) in [6.45, 7) is 7.02. The molecule has 134 valence electrons. The van der Waals surface area contributed by atoms with Gasteiger partial charge in [0.1, 0.15) is 6.54 Å². The van der Waals surface area contributed by atoms with Crippen molar-refractivity contribution in [2.24, 2.45) is 10.7 Å². The molecule has 1 aliphatic rings. The molecular formula is C16H25ClIN5O. The van der Waals surface area contributed by atoms with E-state index in [0.29, 0.717) is 19.0 Å². The number of halogens is 2. The quantitative estimate of drug-likeness (QED) is 0.405. The molecule has 0 bridgehead atoms. The van der Waals surface area contributed by atoms with E-state index in [1.807, 2.05) is 43.0 Å². The van der Waals surface area contributed by atoms with Crippen LogP contribution in [0.5, 0.6) is 0 Å². The molecule has 2 rings (SSSR count). The van der Waals surface area contributed by atoms with E-state index in [1.54, 1.807) is 0 Å². The van der Waals surface area contributed by atoms with Crippen molar-refractivity contribution in [3.05, 3.63) is 29.3 Å². The standard InChI is InChI=1S/C16H24ClN5O.HI/c1-12(2)20-16(18)19-11-15(23)22-9-7-21(8-10-22)14-5-3-13(17)4-6-14;/h3-6,12H,7-11H2,1-2H3,(H3,18,19,20);1H. The summed E-state index contributed by atoms with van der Waals surface area (Å²) in [5, 5.41) is 3.70. The number of piperazine rings is 1. The first-order valence-electron chi connectivity index (χ1n) is 7.80. The Bertz CT molecular complexity index is 556. The number of guanidine groups is 1. The summed E-state index contributed by atoms with van der Waals surface area (Å²) in [6, 6.07) is 7.98. The number of anilines is 1. The molecule has 0 aromatic heterocycles. The van der Waals surface area contributed by atoms with Gasteiger partial charge >= 0.3 is 0 Å². The summed E-state index contributed by atoms with van der Waals surface area (Å²) in [4.78, 5) is 20.3. The van der Waals surface area contributed by atoms with Gasteiger partial charge in [-0.2, -0.15) is 0 Å². The minimum Gasteiger partial charge on any atom is -0.370 e. The van der Waals surface area contributed by atoms with Crippen LogP contribution in [0.3, 0.4) is 0 Å². The first kappa shape index (κ1) is 20.8. The van der Waals surface area contributed by atoms with Crippen LogP contribution >= 0.6 is 35.6 Å². The van der Waals surface area contributed by atoms with Crippen LogP contribution in [0.2, 0.25) is 5.02 Å². The van der Waals surface area contributed by atoms with E-state index in [9.17, 15) is 4.79 Å². The molecule has 1 aromatic rings. The van der Waals surface area contributed by atoms with Gasteiger partial charge in [0.25, 0.3) is 0 Å². The maximum atomic E-state index is 12.2. The third-order valence-corrected chi connectivity index (χ3v) is 3.90. The van der Waals surface area contributed by atoms with Gasteiger partial charge in [-0.3, -0.25) is 4.79 Å². The lowest BCUT2D eigenvalue weighted by atomic mass is 10.2. The molecule has 1 heterocycles. The molecule has 1 saturated heterocycles. The van der Waals surface area contributed by atoms with Crippen molar-refractivity contribution >= 4 is 53.1 Å². The van der Waals surface area contributed by atoms with Gasteiger partial charge < -0.3 is 20.9 Å². The van der Waals surface area contributed by atoms with Gasteiger partial charge in [0.05, 0.1) is 0 Å². The minimum absolute atomic E-state index is 0. The van der Waals surface area contributed by atoms with Gasteiger partial charge in [0.2, 0.25) is 5.91 Å². The van der Waals surface area contributed by atoms with E-state index in [1.165, 1.54) is 0 Å². The van der Waals surface area contributed by atoms with Gasteiger partial charge in [0.15, 0.2) is 5.96 Å². The average molecular weight is 466 g/mol. The molecule has 1 fully saturated rings. The maximum Gasteiger partial charge on any atom is 0.244 e. The molecule has 0 atom stereocenters. The second-order valence-corrected chi connectivity index (χ2v) is 6.28. The molecule has 1 amide bonds. The Morgan fingerprint density at radius 3 is 2.38 bits per heavy atom. The number of carbonyl (C=O) groups excluding carboxylic acids is 1. The highest BCUT2D eigenvalue weighted by molar-refractivity contribution is 14.0. The smallest absolute Gasteiger partial charge is 0.244 e. The molecule has 24 heavy (non-hydrogen) atoms. The van der Waals surface area contributed by atoms with Crippen molar-refractivity contribution in [3.63, 3.8) is 0 Å². The molecule has 1 aromatic carbocycles. The van der Waals surface area contributed by atoms with Crippen LogP contribution < -0.4 is 16.0 Å². The summed E-state index contributed by atoms with van der Waals surface area (Å²) < 4.78 is 0. The number of hydrogen-bond donors (Lipinski definition) is 2. The lowest BCUT2D eigenvalue weighted by Gasteiger charge is -2.36. The summed E-state index contributed by atoms with van der Waals surface area (Å²) in [5.74, 6) is 0.322. The SMILES string of the molecule is CC(C)NC(N)=NCC(=O)N1CCN(c2ccc(Cl)cc2)CC1.I. The number of benzene rings is 1. The minimum atomic E-state index is 0. The van der Waals surface area contributed by atoms with Crippen molar-refractivity contribution in [2.45, 2.75) is 19.9 Å². The Kier molecular flexibility index (Phi) is 8.61. The molecule has 3 N–H and O–H groups in total. The Labute approximate surface area is 165 Å². The van der Waals surface area contributed by atoms with Gasteiger partial charge in [0, 0.05) is 42.9 Å². The zero-order chi connectivity index (χ0) is 16.8. The van der Waals surface area contributed by atoms with Crippen molar-refractivity contribution in [1.82, 2.24) is 10.2 Å². The third-order valence-electron chi connectivity index (χ3n) is 3.65. The first-order chi connectivity index (χ1) is 11.0. The van der Waals surface area contributed by atoms with E-state index in [-0.39, 0.29) is 42.5 Å². The number of nitrogens with zero attached hydrogens (tertiary/aromatic N) is 3. The molecule has 8 heteroatoms. The number of carbonyl (C=O) groups is 1. The molecular weight excluding hydrogens is 441 g/mol. The van der Waals surface area contributed by atoms with Crippen molar-refractivity contribution in [3.8, 4) is 0 Å². The lowest BCUT2D eigenvalue weighted by Crippen LogP contribution is -2.49. The summed E-state index contributed by atoms with van der Waals surface area (Å²) in [5.41, 5.74) is 6.84. The maximum absolute atomic E-state index is 12.2. The number of nitrogens with one attached hydrogen (secondary N) is 1. The predicted octanol–water partition coefficient (Wildman–Crippen LogP) is 1.92. The van der Waals surface area contributed by atoms with Crippen LogP contribution in [0.1, 0.15) is 13.8 Å². The van der Waals surface area contributed by atoms with E-state index in [0.717, 1.165) is 23.8 Å². The summed E-state index contributed by atoms with van der Waals surface area (Å²) in [6.07, 6.45) is 0. The molecule has 0 spiro atoms. The Morgan fingerprint density at radius 2 is 1.83 bits per heavy atom. The lowest BCUT2D eigenvalue weighted by molar-refractivity contribution is -0.129. The Hall–Kier alpha value is -1.22. The fourth-order valence-corrected chi connectivity index (χ4v) is 2.59. The number of aliphatic imine (C=N–C) groups is 1. The fraction of sp³-hybridized carbons (Fsp3) is 0.500. The number of rotatable bonds is 4. The highest BCUT2D eigenvalue weighted by Crippen LogP contribution is 2.19. The van der Waals surface area contributed by atoms with Crippen LogP contribution in [0.25, 0.3) is 0 Å². The molecule has 6 nitrogen and oxygen atoms in total. The van der Waals surface area contributed by atoms with E-state index in [4.69, 9.17) is 17.3 Å². The van der Waals surface area contributed by atoms with Crippen LogP contribution in [-0.2, 0) is 4.79 Å². The molecule has 0 aliphatic carbocycles. The normalized spacial score (nSPS) is 15.2. The largest absolute Gasteiger partial charge is 0.370 e. The van der Waals surface area contributed by atoms with Crippen LogP contribution in [0.15, 0.2) is 29.3 Å². The number of amides is 1. The zero-order valence-electron chi connectivity index (χ0n) is 14.0. The number of nitrogens with two attached hydrogens (primary N) is 1. The first-order valence-corrected chi connectivity index (χ1v) is 8.18. The highest BCUT2D eigenvalue weighted by Gasteiger charge is 2.20. The molecule has 0 radical (unpaired) electrons. The van der Waals surface area contributed by atoms with Gasteiger partial charge in [-0.1, -0.05) is 11.6 Å². The van der Waals surface area contributed by atoms with E-state index >= 15 is 0 Å². The van der Waals surface area contributed by atoms with Crippen LogP contribution in [0, 0.1) is 0 Å². The fourth-order valence-electron chi connectivity index (χ4n) is 2.46. The van der Waals surface area contributed by atoms with E-state index in [2.05, 4.69) is 15.2 Å². The third kappa shape index (κ3) is 6.35. The Morgan fingerprint density at radius 1 is 1.25 bits per heavy atom. The highest BCUT2D eigenvalue weighted by atomic mass is 127. The second kappa shape index (κ2) is 9.93. The van der Waals surface area contributed by atoms with Crippen molar-refractivity contribution < 1.29 is 4.79 Å². The molecule has 1 aliphatic heterocycles. The van der Waals surface area contributed by atoms with Crippen LogP contribution in [0.4, 0.5) is 5.69 Å². The molecule has 0 saturated carbocycles. The van der Waals surface area contributed by atoms with Crippen LogP contribution in [-0.4, -0.2) is 55.5 Å². The summed E-state index contributed by atoms with van der Waals surface area (Å²) >= 11 is 5.91. The predicted molar refractivity (Wildman–Crippen MR) is 110 cm³/mol. The number of hydrogen-bond acceptors (Lipinski definition) is 3. The topological polar surface area (TPSA) is 74.0 Å². The Balaban J connectivity index is 0.00000288. The van der Waals surface area contributed by atoms with Gasteiger partial charge in [-0.15, -0.1) is 24.0 Å². The van der Waals surface area contributed by atoms with Crippen molar-refractivity contribution in [1.29, 1.82) is 0 Å². The van der Waals surface area contributed by atoms with Gasteiger partial charge in [-0.05, 0) is 38.1 Å². The monoisotopic (exact) mass is 465 g/mol. The zero-order valence-corrected chi connectivity index (χ0v) is 17.1. The van der Waals surface area contributed by atoms with Crippen molar-refractivity contribution in [2.75, 3.05) is 37.6 Å². The van der Waals surface area contributed by atoms with Gasteiger partial charge in [-0.25, -0.2) is 4.99 Å². The van der Waals surface area contributed by atoms with E-state index < -0.39 is 0 Å². The molecule has 0 unspecified atom stereocenters. The average Bonchev–Trinajstić information content (AvgIpc) is 2.53. The summed E-state index contributed by atoms with van der Waals surface area (Å²) in [7, 11) is 0.